The summed E-state index contributed by atoms with van der Waals surface area (Å²) in [5.74, 6) is 0.415. The number of nitrogens with one attached hydrogen (secondary N) is 1. The zero-order valence-corrected chi connectivity index (χ0v) is 26.9. The average molecular weight is 582 g/mol. The molecular formula is C38H47NO2S. The summed E-state index contributed by atoms with van der Waals surface area (Å²) >= 11 is 0. The van der Waals surface area contributed by atoms with Gasteiger partial charge in [0.2, 0.25) is 10.0 Å². The summed E-state index contributed by atoms with van der Waals surface area (Å²) in [5.41, 5.74) is 6.39. The lowest BCUT2D eigenvalue weighted by molar-refractivity contribution is 0.460. The summed E-state index contributed by atoms with van der Waals surface area (Å²) in [7, 11) is -3.88. The van der Waals surface area contributed by atoms with Crippen LogP contribution in [0.5, 0.6) is 0 Å². The van der Waals surface area contributed by atoms with Crippen LogP contribution in [0.4, 0.5) is 0 Å². The monoisotopic (exact) mass is 581 g/mol. The zero-order valence-electron chi connectivity index (χ0n) is 26.0. The quantitative estimate of drug-likeness (QED) is 0.171. The van der Waals surface area contributed by atoms with E-state index in [1.54, 1.807) is 0 Å². The number of hydrogen-bond donors (Lipinski definition) is 1. The van der Waals surface area contributed by atoms with Crippen molar-refractivity contribution in [3.63, 3.8) is 0 Å². The van der Waals surface area contributed by atoms with Crippen molar-refractivity contribution in [1.82, 2.24) is 4.72 Å². The van der Waals surface area contributed by atoms with Gasteiger partial charge >= 0.3 is 0 Å². The fourth-order valence-electron chi connectivity index (χ4n) is 5.87. The molecule has 0 aliphatic heterocycles. The molecule has 0 aliphatic rings. The molecule has 4 rings (SSSR count). The minimum atomic E-state index is -3.88. The van der Waals surface area contributed by atoms with E-state index in [1.807, 2.05) is 30.3 Å². The zero-order chi connectivity index (χ0) is 30.3. The van der Waals surface area contributed by atoms with Crippen LogP contribution in [0.2, 0.25) is 0 Å². The Hall–Kier alpha value is -3.21. The summed E-state index contributed by atoms with van der Waals surface area (Å²) in [6.45, 7) is 12.7. The number of benzene rings is 4. The Kier molecular flexibility index (Phi) is 10.8. The van der Waals surface area contributed by atoms with Crippen molar-refractivity contribution in [2.75, 3.05) is 0 Å². The number of aryl methyl sites for hydroxylation is 1. The Morgan fingerprint density at radius 2 is 1.07 bits per heavy atom. The van der Waals surface area contributed by atoms with E-state index in [4.69, 9.17) is 0 Å². The molecule has 0 amide bonds. The third kappa shape index (κ3) is 7.79. The van der Waals surface area contributed by atoms with Crippen molar-refractivity contribution in [3.05, 3.63) is 137 Å². The number of hydrogen-bond acceptors (Lipinski definition) is 2. The second-order valence-corrected chi connectivity index (χ2v) is 14.0. The standard InChI is InChI=1S/C38H47NO2S/c1-27(2)33-25-35(28(3)4)38(36(26-33)29(5)6)42(40,41)39-37(32-22-14-9-15-23-32)34(31-20-12-8-13-21-31)24-16-19-30-17-10-7-11-18-30/h7-15,17-18,20-23,25-29,34,37,39H,16,19,24H2,1-6H3/t34-,37+/m1/s1. The van der Waals surface area contributed by atoms with Gasteiger partial charge in [-0.2, -0.15) is 0 Å². The van der Waals surface area contributed by atoms with Gasteiger partial charge in [0.05, 0.1) is 10.9 Å². The second kappa shape index (κ2) is 14.3. The molecule has 42 heavy (non-hydrogen) atoms. The minimum absolute atomic E-state index is 0.0352. The van der Waals surface area contributed by atoms with Crippen LogP contribution in [0.1, 0.15) is 117 Å². The maximum Gasteiger partial charge on any atom is 0.241 e. The van der Waals surface area contributed by atoms with E-state index in [1.165, 1.54) is 11.1 Å². The van der Waals surface area contributed by atoms with Gasteiger partial charge in [-0.25, -0.2) is 13.1 Å². The molecule has 3 nitrogen and oxygen atoms in total. The van der Waals surface area contributed by atoms with Crippen LogP contribution in [0.3, 0.4) is 0 Å². The van der Waals surface area contributed by atoms with Gasteiger partial charge in [-0.05, 0) is 70.4 Å². The van der Waals surface area contributed by atoms with E-state index in [0.29, 0.717) is 10.8 Å². The smallest absolute Gasteiger partial charge is 0.207 e. The summed E-state index contributed by atoms with van der Waals surface area (Å²) in [5, 5.41) is 0. The summed E-state index contributed by atoms with van der Waals surface area (Å²) < 4.78 is 32.6. The van der Waals surface area contributed by atoms with Crippen molar-refractivity contribution < 1.29 is 8.42 Å². The first kappa shape index (κ1) is 31.7. The third-order valence-electron chi connectivity index (χ3n) is 8.24. The number of sulfonamides is 1. The average Bonchev–Trinajstić information content (AvgIpc) is 2.99. The lowest BCUT2D eigenvalue weighted by Crippen LogP contribution is -2.34. The molecular weight excluding hydrogens is 534 g/mol. The molecule has 222 valence electrons. The molecule has 4 aromatic carbocycles. The Morgan fingerprint density at radius 1 is 0.595 bits per heavy atom. The number of rotatable bonds is 13. The van der Waals surface area contributed by atoms with Crippen molar-refractivity contribution in [2.45, 2.75) is 95.4 Å². The van der Waals surface area contributed by atoms with Gasteiger partial charge in [0.1, 0.15) is 0 Å². The summed E-state index contributed by atoms with van der Waals surface area (Å²) in [6, 6.07) is 34.8. The molecule has 0 fully saturated rings. The summed E-state index contributed by atoms with van der Waals surface area (Å²) in [6.07, 6.45) is 2.75. The van der Waals surface area contributed by atoms with Gasteiger partial charge in [0.25, 0.3) is 0 Å². The van der Waals surface area contributed by atoms with Crippen molar-refractivity contribution in [3.8, 4) is 0 Å². The predicted octanol–water partition coefficient (Wildman–Crippen LogP) is 9.88. The van der Waals surface area contributed by atoms with Crippen molar-refractivity contribution in [1.29, 1.82) is 0 Å². The SMILES string of the molecule is CC(C)c1cc(C(C)C)c(S(=O)(=O)N[C@@H](c2ccccc2)[C@H](CCCc2ccccc2)c2ccccc2)c(C(C)C)c1. The molecule has 2 atom stereocenters. The van der Waals surface area contributed by atoms with Crippen LogP contribution < -0.4 is 4.72 Å². The fraction of sp³-hybridized carbons (Fsp3) is 0.368. The van der Waals surface area contributed by atoms with E-state index < -0.39 is 16.1 Å². The lowest BCUT2D eigenvalue weighted by atomic mass is 9.83. The maximum absolute atomic E-state index is 14.7. The van der Waals surface area contributed by atoms with Crippen LogP contribution >= 0.6 is 0 Å². The van der Waals surface area contributed by atoms with Crippen molar-refractivity contribution in [2.24, 2.45) is 0 Å². The normalized spacial score (nSPS) is 13.5. The van der Waals surface area contributed by atoms with E-state index in [2.05, 4.69) is 119 Å². The lowest BCUT2D eigenvalue weighted by Gasteiger charge is -2.31. The molecule has 0 aliphatic carbocycles. The fourth-order valence-corrected chi connectivity index (χ4v) is 7.83. The van der Waals surface area contributed by atoms with Crippen LogP contribution in [0.15, 0.2) is 108 Å². The van der Waals surface area contributed by atoms with E-state index in [-0.39, 0.29) is 17.8 Å². The molecule has 4 heteroatoms. The van der Waals surface area contributed by atoms with E-state index >= 15 is 0 Å². The first-order chi connectivity index (χ1) is 20.1. The molecule has 0 radical (unpaired) electrons. The highest BCUT2D eigenvalue weighted by molar-refractivity contribution is 7.89. The maximum atomic E-state index is 14.7. The van der Waals surface area contributed by atoms with E-state index in [9.17, 15) is 8.42 Å². The first-order valence-electron chi connectivity index (χ1n) is 15.4. The molecule has 0 bridgehead atoms. The van der Waals surface area contributed by atoms with Crippen LogP contribution in [-0.4, -0.2) is 8.42 Å². The largest absolute Gasteiger partial charge is 0.241 e. The van der Waals surface area contributed by atoms with E-state index in [0.717, 1.165) is 41.5 Å². The first-order valence-corrected chi connectivity index (χ1v) is 16.9. The van der Waals surface area contributed by atoms with Crippen LogP contribution in [0, 0.1) is 0 Å². The van der Waals surface area contributed by atoms with Gasteiger partial charge in [-0.15, -0.1) is 0 Å². The van der Waals surface area contributed by atoms with Gasteiger partial charge in [-0.3, -0.25) is 0 Å². The molecule has 0 spiro atoms. The summed E-state index contributed by atoms with van der Waals surface area (Å²) in [4.78, 5) is 0.453. The molecule has 4 aromatic rings. The Balaban J connectivity index is 1.81. The highest BCUT2D eigenvalue weighted by Gasteiger charge is 2.33. The van der Waals surface area contributed by atoms with Gasteiger partial charge in [-0.1, -0.05) is 145 Å². The third-order valence-corrected chi connectivity index (χ3v) is 9.82. The second-order valence-electron chi connectivity index (χ2n) is 12.4. The van der Waals surface area contributed by atoms with Crippen LogP contribution in [-0.2, 0) is 16.4 Å². The van der Waals surface area contributed by atoms with Gasteiger partial charge in [0.15, 0.2) is 0 Å². The molecule has 0 heterocycles. The van der Waals surface area contributed by atoms with Gasteiger partial charge in [0, 0.05) is 5.92 Å². The Labute approximate surface area is 254 Å². The predicted molar refractivity (Wildman–Crippen MR) is 177 cm³/mol. The molecule has 0 saturated carbocycles. The Morgan fingerprint density at radius 3 is 1.55 bits per heavy atom. The van der Waals surface area contributed by atoms with Gasteiger partial charge < -0.3 is 0 Å². The molecule has 0 unspecified atom stereocenters. The topological polar surface area (TPSA) is 46.2 Å². The Bertz CT molecular complexity index is 1480. The molecule has 0 saturated heterocycles. The minimum Gasteiger partial charge on any atom is -0.207 e. The van der Waals surface area contributed by atoms with Crippen LogP contribution in [0.25, 0.3) is 0 Å². The molecule has 1 N–H and O–H groups in total. The highest BCUT2D eigenvalue weighted by atomic mass is 32.2. The highest BCUT2D eigenvalue weighted by Crippen LogP contribution is 2.39. The molecule has 0 aromatic heterocycles. The van der Waals surface area contributed by atoms with Crippen molar-refractivity contribution >= 4 is 10.0 Å².